The summed E-state index contributed by atoms with van der Waals surface area (Å²) in [4.78, 5) is 7.97. The van der Waals surface area contributed by atoms with Crippen molar-refractivity contribution in [1.29, 1.82) is 0 Å². The number of aliphatic hydroxyl groups is 3. The van der Waals surface area contributed by atoms with Gasteiger partial charge in [-0.15, -0.1) is 0 Å². The summed E-state index contributed by atoms with van der Waals surface area (Å²) in [7, 11) is 0. The van der Waals surface area contributed by atoms with Crippen LogP contribution >= 0.6 is 0 Å². The van der Waals surface area contributed by atoms with Crippen LogP contribution in [-0.2, 0) is 4.74 Å². The van der Waals surface area contributed by atoms with Gasteiger partial charge in [-0.25, -0.2) is 9.97 Å². The summed E-state index contributed by atoms with van der Waals surface area (Å²) in [5, 5.41) is 29.4. The van der Waals surface area contributed by atoms with Crippen LogP contribution in [0.4, 0.5) is 5.82 Å². The quantitative estimate of drug-likeness (QED) is 0.158. The number of ether oxygens (including phenoxy) is 1. The molecule has 2 aromatic rings. The summed E-state index contributed by atoms with van der Waals surface area (Å²) in [6.07, 6.45) is 16.9. The zero-order chi connectivity index (χ0) is 26.2. The summed E-state index contributed by atoms with van der Waals surface area (Å²) < 4.78 is 10.3. The van der Waals surface area contributed by atoms with Gasteiger partial charge in [0.25, 0.3) is 0 Å². The average molecular weight is 611 g/mol. The standard InChI is InChI=1S/C11H14N4O4.2C8H17.Sn/c12-9-5-1-2-15(10(5)14-4-13-9)11-8(18)7(17)6(3-16)19-11;2*1-3-5-7-8-6-4-2;/h1-2,4,6-8,11,16-18H,3H2,(H2,12,13,14);2*1,3-8H2,2H3;. The fourth-order valence-electron chi connectivity index (χ4n) is 4.49. The Hall–Kier alpha value is -0.941. The van der Waals surface area contributed by atoms with Gasteiger partial charge < -0.3 is 30.4 Å². The van der Waals surface area contributed by atoms with E-state index < -0.39 is 24.5 Å². The van der Waals surface area contributed by atoms with E-state index in [1.165, 1.54) is 70.5 Å². The van der Waals surface area contributed by atoms with Gasteiger partial charge in [-0.1, -0.05) is 0 Å². The third-order valence-electron chi connectivity index (χ3n) is 6.75. The molecular formula is C27H48N4O4Sn. The molecule has 8 nitrogen and oxygen atoms in total. The van der Waals surface area contributed by atoms with Gasteiger partial charge >= 0.3 is 121 Å². The molecule has 2 aromatic heterocycles. The van der Waals surface area contributed by atoms with E-state index in [4.69, 9.17) is 15.6 Å². The van der Waals surface area contributed by atoms with Crippen LogP contribution in [0.1, 0.15) is 97.1 Å². The molecule has 3 heterocycles. The van der Waals surface area contributed by atoms with Crippen molar-refractivity contribution in [2.75, 3.05) is 12.3 Å². The number of rotatable bonds is 16. The van der Waals surface area contributed by atoms with E-state index in [9.17, 15) is 10.2 Å². The summed E-state index contributed by atoms with van der Waals surface area (Å²) in [5.74, 6) is 0.329. The van der Waals surface area contributed by atoms with E-state index in [0.29, 0.717) is 16.9 Å². The molecule has 2 radical (unpaired) electrons. The van der Waals surface area contributed by atoms with Crippen LogP contribution in [0.15, 0.2) is 18.6 Å². The molecule has 0 bridgehead atoms. The van der Waals surface area contributed by atoms with Gasteiger partial charge in [-0.05, 0) is 6.07 Å². The van der Waals surface area contributed by atoms with Crippen molar-refractivity contribution < 1.29 is 20.1 Å². The molecule has 0 spiro atoms. The van der Waals surface area contributed by atoms with Crippen LogP contribution in [0.5, 0.6) is 0 Å². The smallest absolute Gasteiger partial charge is 0.164 e. The van der Waals surface area contributed by atoms with Gasteiger partial charge in [-0.3, -0.25) is 0 Å². The SMILES string of the molecule is CCCCCCC[CH2][Sn][CH2]CCCCCCC.Nc1ncnc2c1ccn2C1OC(CO)C(O)C1O. The van der Waals surface area contributed by atoms with Crippen LogP contribution in [-0.4, -0.2) is 75.9 Å². The average Bonchev–Trinajstić information content (AvgIpc) is 3.44. The molecule has 204 valence electrons. The largest absolute Gasteiger partial charge is 0.394 e. The van der Waals surface area contributed by atoms with Gasteiger partial charge in [0.2, 0.25) is 0 Å². The number of unbranched alkanes of at least 4 members (excludes halogenated alkanes) is 10. The first-order chi connectivity index (χ1) is 17.5. The monoisotopic (exact) mass is 612 g/mol. The maximum Gasteiger partial charge on any atom is 0.164 e. The minimum atomic E-state index is -1.15. The summed E-state index contributed by atoms with van der Waals surface area (Å²) >= 11 is 0.0736. The second-order valence-corrected chi connectivity index (χ2v) is 14.0. The first kappa shape index (κ1) is 31.3. The summed E-state index contributed by atoms with van der Waals surface area (Å²) in [5.41, 5.74) is 6.23. The number of nitrogens with two attached hydrogens (primary N) is 1. The van der Waals surface area contributed by atoms with Gasteiger partial charge in [0.05, 0.1) is 12.0 Å². The number of aromatic nitrogens is 3. The van der Waals surface area contributed by atoms with Crippen LogP contribution < -0.4 is 5.73 Å². The van der Waals surface area contributed by atoms with Crippen molar-refractivity contribution in [3.05, 3.63) is 18.6 Å². The molecule has 0 amide bonds. The zero-order valence-electron chi connectivity index (χ0n) is 22.3. The van der Waals surface area contributed by atoms with E-state index >= 15 is 0 Å². The van der Waals surface area contributed by atoms with E-state index in [1.807, 2.05) is 0 Å². The Bertz CT molecular complexity index is 823. The maximum atomic E-state index is 9.98. The Morgan fingerprint density at radius 2 is 1.47 bits per heavy atom. The number of nitrogens with zero attached hydrogens (tertiary/aromatic N) is 3. The van der Waals surface area contributed by atoms with Gasteiger partial charge in [0.1, 0.15) is 36.1 Å². The van der Waals surface area contributed by atoms with Crippen LogP contribution in [0.25, 0.3) is 11.0 Å². The number of aliphatic hydroxyl groups excluding tert-OH is 3. The van der Waals surface area contributed by atoms with Crippen molar-refractivity contribution in [2.24, 2.45) is 0 Å². The Labute approximate surface area is 227 Å². The molecule has 9 heteroatoms. The number of anilines is 1. The summed E-state index contributed by atoms with van der Waals surface area (Å²) in [6, 6.07) is 1.71. The Morgan fingerprint density at radius 1 is 0.889 bits per heavy atom. The second kappa shape index (κ2) is 18.3. The molecule has 0 aliphatic carbocycles. The number of hydrogen-bond acceptors (Lipinski definition) is 7. The Balaban J connectivity index is 0.000000256. The normalized spacial score (nSPS) is 21.6. The minimum absolute atomic E-state index is 0.0736. The Morgan fingerprint density at radius 3 is 2.03 bits per heavy atom. The van der Waals surface area contributed by atoms with Gasteiger partial charge in [0.15, 0.2) is 6.23 Å². The van der Waals surface area contributed by atoms with E-state index in [2.05, 4.69) is 23.8 Å². The van der Waals surface area contributed by atoms with Gasteiger partial charge in [-0.2, -0.15) is 0 Å². The third-order valence-corrected chi connectivity index (χ3v) is 10.8. The van der Waals surface area contributed by atoms with E-state index in [0.717, 1.165) is 0 Å². The van der Waals surface area contributed by atoms with Crippen LogP contribution in [0.3, 0.4) is 0 Å². The number of hydrogen-bond donors (Lipinski definition) is 4. The Kier molecular flexibility index (Phi) is 15.9. The fourth-order valence-corrected chi connectivity index (χ4v) is 8.06. The van der Waals surface area contributed by atoms with E-state index in [-0.39, 0.29) is 27.7 Å². The molecule has 0 saturated carbocycles. The third kappa shape index (κ3) is 10.1. The number of nitrogen functional groups attached to an aromatic ring is 1. The van der Waals surface area contributed by atoms with Crippen LogP contribution in [0, 0.1) is 0 Å². The van der Waals surface area contributed by atoms with Crippen LogP contribution in [0.2, 0.25) is 8.87 Å². The molecule has 0 aromatic carbocycles. The molecule has 5 N–H and O–H groups in total. The van der Waals surface area contributed by atoms with Crippen molar-refractivity contribution in [3.8, 4) is 0 Å². The van der Waals surface area contributed by atoms with Crippen molar-refractivity contribution in [1.82, 2.24) is 14.5 Å². The molecule has 4 atom stereocenters. The molecule has 1 aliphatic heterocycles. The number of fused-ring (bicyclic) bond motifs is 1. The predicted octanol–water partition coefficient (Wildman–Crippen LogP) is 4.87. The van der Waals surface area contributed by atoms with Gasteiger partial charge in [0, 0.05) is 6.20 Å². The zero-order valence-corrected chi connectivity index (χ0v) is 25.2. The van der Waals surface area contributed by atoms with Crippen molar-refractivity contribution in [2.45, 2.75) is 124 Å². The topological polar surface area (TPSA) is 127 Å². The molecule has 3 rings (SSSR count). The maximum absolute atomic E-state index is 9.98. The predicted molar refractivity (Wildman–Crippen MR) is 147 cm³/mol. The molecular weight excluding hydrogens is 563 g/mol. The first-order valence-electron chi connectivity index (χ1n) is 13.9. The molecule has 1 fully saturated rings. The molecule has 1 saturated heterocycles. The van der Waals surface area contributed by atoms with Crippen molar-refractivity contribution >= 4 is 38.0 Å². The molecule has 36 heavy (non-hydrogen) atoms. The minimum Gasteiger partial charge on any atom is -0.394 e. The first-order valence-corrected chi connectivity index (χ1v) is 18.0. The second-order valence-electron chi connectivity index (χ2n) is 9.73. The van der Waals surface area contributed by atoms with E-state index in [1.54, 1.807) is 38.5 Å². The molecule has 1 aliphatic rings. The van der Waals surface area contributed by atoms with Crippen molar-refractivity contribution in [3.63, 3.8) is 0 Å². The summed E-state index contributed by atoms with van der Waals surface area (Å²) in [6.45, 7) is 4.23. The molecule has 4 unspecified atom stereocenters. The fraction of sp³-hybridized carbons (Fsp3) is 0.778.